The van der Waals surface area contributed by atoms with E-state index in [0.717, 1.165) is 10.8 Å². The molecule has 0 aliphatic carbocycles. The molecule has 3 rings (SSSR count). The van der Waals surface area contributed by atoms with Crippen LogP contribution < -0.4 is 0 Å². The first kappa shape index (κ1) is 18.7. The monoisotopic (exact) mass is 385 g/mol. The Hall–Kier alpha value is -2.05. The molecular weight excluding hydrogens is 362 g/mol. The third kappa shape index (κ3) is 4.37. The standard InChI is InChI=1S/C20H23N3OS2/c1-15(2)17-8-4-5-9-18(17)23-11-10-21-20(23)26-14-19(24)22(3)13-16-7-6-12-25-16/h4-12,15H,13-14H2,1-3H3. The fraction of sp³-hybridized carbons (Fsp3) is 0.300. The van der Waals surface area contributed by atoms with Gasteiger partial charge >= 0.3 is 0 Å². The van der Waals surface area contributed by atoms with Crippen molar-refractivity contribution in [2.24, 2.45) is 0 Å². The quantitative estimate of drug-likeness (QED) is 0.548. The Morgan fingerprint density at radius 1 is 1.27 bits per heavy atom. The molecule has 0 bridgehead atoms. The Labute approximate surface area is 162 Å². The third-order valence-corrected chi connectivity index (χ3v) is 5.96. The summed E-state index contributed by atoms with van der Waals surface area (Å²) in [5.41, 5.74) is 2.40. The van der Waals surface area contributed by atoms with E-state index in [1.54, 1.807) is 22.4 Å². The molecule has 0 saturated heterocycles. The molecule has 0 atom stereocenters. The van der Waals surface area contributed by atoms with Gasteiger partial charge in [-0.3, -0.25) is 9.36 Å². The molecule has 26 heavy (non-hydrogen) atoms. The molecule has 0 fully saturated rings. The highest BCUT2D eigenvalue weighted by atomic mass is 32.2. The number of carbonyl (C=O) groups is 1. The van der Waals surface area contributed by atoms with Crippen molar-refractivity contribution in [1.29, 1.82) is 0 Å². The number of hydrogen-bond acceptors (Lipinski definition) is 4. The molecule has 1 aromatic carbocycles. The minimum atomic E-state index is 0.107. The second kappa shape index (κ2) is 8.56. The number of rotatable bonds is 7. The second-order valence-electron chi connectivity index (χ2n) is 6.41. The number of nitrogens with zero attached hydrogens (tertiary/aromatic N) is 3. The maximum Gasteiger partial charge on any atom is 0.233 e. The van der Waals surface area contributed by atoms with E-state index in [0.29, 0.717) is 18.2 Å². The van der Waals surface area contributed by atoms with Crippen LogP contribution in [0.25, 0.3) is 5.69 Å². The largest absolute Gasteiger partial charge is 0.340 e. The zero-order valence-electron chi connectivity index (χ0n) is 15.3. The molecule has 6 heteroatoms. The van der Waals surface area contributed by atoms with Crippen LogP contribution in [-0.2, 0) is 11.3 Å². The number of thiophene rings is 1. The highest BCUT2D eigenvalue weighted by molar-refractivity contribution is 7.99. The lowest BCUT2D eigenvalue weighted by molar-refractivity contribution is -0.127. The molecule has 0 saturated carbocycles. The SMILES string of the molecule is CC(C)c1ccccc1-n1ccnc1SCC(=O)N(C)Cc1cccs1. The lowest BCUT2D eigenvalue weighted by Gasteiger charge is -2.17. The van der Waals surface area contributed by atoms with Crippen molar-refractivity contribution < 1.29 is 4.79 Å². The smallest absolute Gasteiger partial charge is 0.233 e. The molecule has 4 nitrogen and oxygen atoms in total. The van der Waals surface area contributed by atoms with Crippen LogP contribution in [-0.4, -0.2) is 33.2 Å². The maximum absolute atomic E-state index is 12.5. The van der Waals surface area contributed by atoms with E-state index in [2.05, 4.69) is 47.7 Å². The summed E-state index contributed by atoms with van der Waals surface area (Å²) in [6, 6.07) is 12.4. The third-order valence-electron chi connectivity index (χ3n) is 4.15. The Morgan fingerprint density at radius 3 is 2.81 bits per heavy atom. The average Bonchev–Trinajstić information content (AvgIpc) is 3.31. The Balaban J connectivity index is 1.69. The lowest BCUT2D eigenvalue weighted by Crippen LogP contribution is -2.27. The molecule has 0 radical (unpaired) electrons. The zero-order chi connectivity index (χ0) is 18.5. The van der Waals surface area contributed by atoms with Crippen LogP contribution in [0.5, 0.6) is 0 Å². The van der Waals surface area contributed by atoms with E-state index >= 15 is 0 Å². The summed E-state index contributed by atoms with van der Waals surface area (Å²) in [5.74, 6) is 0.906. The van der Waals surface area contributed by atoms with E-state index < -0.39 is 0 Å². The molecule has 0 aliphatic heterocycles. The summed E-state index contributed by atoms with van der Waals surface area (Å²) in [6.07, 6.45) is 3.75. The second-order valence-corrected chi connectivity index (χ2v) is 8.39. The molecule has 0 spiro atoms. The Kier molecular flexibility index (Phi) is 6.16. The fourth-order valence-electron chi connectivity index (χ4n) is 2.74. The number of carbonyl (C=O) groups excluding carboxylic acids is 1. The van der Waals surface area contributed by atoms with E-state index in [-0.39, 0.29) is 5.91 Å². The van der Waals surface area contributed by atoms with E-state index in [1.165, 1.54) is 22.2 Å². The number of thioether (sulfide) groups is 1. The number of amides is 1. The predicted molar refractivity (Wildman–Crippen MR) is 109 cm³/mol. The van der Waals surface area contributed by atoms with Gasteiger partial charge in [0.15, 0.2) is 5.16 Å². The number of imidazole rings is 1. The molecule has 0 N–H and O–H groups in total. The first-order valence-electron chi connectivity index (χ1n) is 8.58. The van der Waals surface area contributed by atoms with Gasteiger partial charge in [0.05, 0.1) is 18.0 Å². The summed E-state index contributed by atoms with van der Waals surface area (Å²) in [7, 11) is 1.85. The van der Waals surface area contributed by atoms with Crippen molar-refractivity contribution in [3.8, 4) is 5.69 Å². The number of benzene rings is 1. The maximum atomic E-state index is 12.5. The Morgan fingerprint density at radius 2 is 2.08 bits per heavy atom. The number of hydrogen-bond donors (Lipinski definition) is 0. The van der Waals surface area contributed by atoms with Gasteiger partial charge in [-0.1, -0.05) is 49.9 Å². The van der Waals surface area contributed by atoms with Crippen LogP contribution in [0.2, 0.25) is 0 Å². The van der Waals surface area contributed by atoms with Crippen molar-refractivity contribution in [2.45, 2.75) is 31.5 Å². The highest BCUT2D eigenvalue weighted by Gasteiger charge is 2.15. The van der Waals surface area contributed by atoms with Gasteiger partial charge in [-0.05, 0) is 29.0 Å². The van der Waals surface area contributed by atoms with E-state index in [1.807, 2.05) is 30.8 Å². The van der Waals surface area contributed by atoms with E-state index in [9.17, 15) is 4.79 Å². The first-order chi connectivity index (χ1) is 12.6. The molecule has 1 amide bonds. The van der Waals surface area contributed by atoms with Crippen LogP contribution >= 0.6 is 23.1 Å². The van der Waals surface area contributed by atoms with Crippen molar-refractivity contribution in [1.82, 2.24) is 14.5 Å². The van der Waals surface area contributed by atoms with Gasteiger partial charge in [0.25, 0.3) is 0 Å². The van der Waals surface area contributed by atoms with Gasteiger partial charge < -0.3 is 4.90 Å². The number of aromatic nitrogens is 2. The normalized spacial score (nSPS) is 11.1. The summed E-state index contributed by atoms with van der Waals surface area (Å²) >= 11 is 3.15. The zero-order valence-corrected chi connectivity index (χ0v) is 16.9. The predicted octanol–water partition coefficient (Wildman–Crippen LogP) is 4.81. The molecular formula is C20H23N3OS2. The summed E-state index contributed by atoms with van der Waals surface area (Å²) in [5, 5.41) is 2.88. The minimum absolute atomic E-state index is 0.107. The van der Waals surface area contributed by atoms with Crippen LogP contribution in [0.3, 0.4) is 0 Å². The van der Waals surface area contributed by atoms with Crippen LogP contribution in [0.1, 0.15) is 30.2 Å². The summed E-state index contributed by atoms with van der Waals surface area (Å²) in [6.45, 7) is 5.03. The van der Waals surface area contributed by atoms with Gasteiger partial charge in [0, 0.05) is 24.3 Å². The van der Waals surface area contributed by atoms with Gasteiger partial charge in [0.1, 0.15) is 0 Å². The molecule has 2 aromatic heterocycles. The number of para-hydroxylation sites is 1. The van der Waals surface area contributed by atoms with Crippen molar-refractivity contribution >= 4 is 29.0 Å². The Bertz CT molecular complexity index is 856. The molecule has 3 aromatic rings. The highest BCUT2D eigenvalue weighted by Crippen LogP contribution is 2.27. The molecule has 0 unspecified atom stereocenters. The lowest BCUT2D eigenvalue weighted by atomic mass is 10.0. The fourth-order valence-corrected chi connectivity index (χ4v) is 4.40. The van der Waals surface area contributed by atoms with Crippen LogP contribution in [0.15, 0.2) is 59.3 Å². The first-order valence-corrected chi connectivity index (χ1v) is 10.4. The molecule has 0 aliphatic rings. The van der Waals surface area contributed by atoms with Crippen LogP contribution in [0.4, 0.5) is 0 Å². The van der Waals surface area contributed by atoms with Gasteiger partial charge in [0.2, 0.25) is 5.91 Å². The van der Waals surface area contributed by atoms with Gasteiger partial charge in [-0.2, -0.15) is 0 Å². The van der Waals surface area contributed by atoms with Crippen molar-refractivity contribution in [2.75, 3.05) is 12.8 Å². The van der Waals surface area contributed by atoms with Crippen molar-refractivity contribution in [3.05, 3.63) is 64.6 Å². The summed E-state index contributed by atoms with van der Waals surface area (Å²) < 4.78 is 2.08. The van der Waals surface area contributed by atoms with Crippen LogP contribution in [0, 0.1) is 0 Å². The van der Waals surface area contributed by atoms with Gasteiger partial charge in [-0.15, -0.1) is 11.3 Å². The summed E-state index contributed by atoms with van der Waals surface area (Å²) in [4.78, 5) is 19.9. The van der Waals surface area contributed by atoms with Gasteiger partial charge in [-0.25, -0.2) is 4.98 Å². The molecule has 2 heterocycles. The average molecular weight is 386 g/mol. The van der Waals surface area contributed by atoms with E-state index in [4.69, 9.17) is 0 Å². The molecule has 136 valence electrons. The topological polar surface area (TPSA) is 38.1 Å². The minimum Gasteiger partial charge on any atom is -0.340 e. The van der Waals surface area contributed by atoms with Crippen molar-refractivity contribution in [3.63, 3.8) is 0 Å².